The summed E-state index contributed by atoms with van der Waals surface area (Å²) < 4.78 is 25.8. The normalized spacial score (nSPS) is 12.3. The summed E-state index contributed by atoms with van der Waals surface area (Å²) in [4.78, 5) is 0. The van der Waals surface area contributed by atoms with Gasteiger partial charge >= 0.3 is 0 Å². The molecule has 0 fully saturated rings. The highest BCUT2D eigenvalue weighted by Crippen LogP contribution is 2.13. The van der Waals surface area contributed by atoms with Gasteiger partial charge in [0.05, 0.1) is 5.75 Å². The van der Waals surface area contributed by atoms with E-state index in [1.807, 2.05) is 45.0 Å². The fourth-order valence-electron chi connectivity index (χ4n) is 1.73. The number of sulfonamides is 1. The summed E-state index contributed by atoms with van der Waals surface area (Å²) in [6.45, 7) is 7.47. The molecule has 1 aromatic rings. The minimum Gasteiger partial charge on any atom is -0.313 e. The average molecular weight is 284 g/mol. The molecule has 0 radical (unpaired) electrons. The SMILES string of the molecule is CCNCc1cccc(CS(=O)(=O)N(C)C(C)C)c1. The maximum Gasteiger partial charge on any atom is 0.218 e. The van der Waals surface area contributed by atoms with Crippen molar-refractivity contribution in [3.63, 3.8) is 0 Å². The molecule has 0 bridgehead atoms. The Hall–Kier alpha value is -0.910. The molecule has 0 amide bonds. The molecule has 1 rings (SSSR count). The Kier molecular flexibility index (Phi) is 5.97. The first kappa shape index (κ1) is 16.1. The lowest BCUT2D eigenvalue weighted by atomic mass is 10.1. The van der Waals surface area contributed by atoms with Crippen LogP contribution in [0.1, 0.15) is 31.9 Å². The van der Waals surface area contributed by atoms with Crippen molar-refractivity contribution in [2.45, 2.75) is 39.1 Å². The summed E-state index contributed by atoms with van der Waals surface area (Å²) >= 11 is 0. The van der Waals surface area contributed by atoms with Crippen LogP contribution >= 0.6 is 0 Å². The van der Waals surface area contributed by atoms with Crippen molar-refractivity contribution in [2.75, 3.05) is 13.6 Å². The van der Waals surface area contributed by atoms with E-state index < -0.39 is 10.0 Å². The van der Waals surface area contributed by atoms with Gasteiger partial charge in [0.1, 0.15) is 0 Å². The van der Waals surface area contributed by atoms with Crippen LogP contribution in [0.5, 0.6) is 0 Å². The third kappa shape index (κ3) is 4.93. The molecule has 0 aliphatic heterocycles. The van der Waals surface area contributed by atoms with E-state index in [0.717, 1.165) is 24.2 Å². The predicted octanol–water partition coefficient (Wildman–Crippen LogP) is 1.97. The van der Waals surface area contributed by atoms with Gasteiger partial charge in [-0.15, -0.1) is 0 Å². The van der Waals surface area contributed by atoms with Crippen molar-refractivity contribution < 1.29 is 8.42 Å². The Morgan fingerprint density at radius 3 is 2.47 bits per heavy atom. The highest BCUT2D eigenvalue weighted by atomic mass is 32.2. The van der Waals surface area contributed by atoms with Crippen LogP contribution in [0.25, 0.3) is 0 Å². The Labute approximate surface area is 116 Å². The number of nitrogens with zero attached hydrogens (tertiary/aromatic N) is 1. The topological polar surface area (TPSA) is 49.4 Å². The van der Waals surface area contributed by atoms with Crippen LogP contribution in [-0.4, -0.2) is 32.4 Å². The highest BCUT2D eigenvalue weighted by Gasteiger charge is 2.20. The van der Waals surface area contributed by atoms with E-state index in [9.17, 15) is 8.42 Å². The van der Waals surface area contributed by atoms with Crippen LogP contribution in [-0.2, 0) is 22.3 Å². The molecule has 4 nitrogen and oxygen atoms in total. The third-order valence-corrected chi connectivity index (χ3v) is 5.08. The van der Waals surface area contributed by atoms with Gasteiger partial charge in [-0.2, -0.15) is 0 Å². The molecule has 0 unspecified atom stereocenters. The standard InChI is InChI=1S/C14H24N2O2S/c1-5-15-10-13-7-6-8-14(9-13)11-19(17,18)16(4)12(2)3/h6-9,12,15H,5,10-11H2,1-4H3. The molecule has 19 heavy (non-hydrogen) atoms. The van der Waals surface area contributed by atoms with E-state index in [-0.39, 0.29) is 11.8 Å². The summed E-state index contributed by atoms with van der Waals surface area (Å²) in [6.07, 6.45) is 0. The van der Waals surface area contributed by atoms with Crippen LogP contribution in [0.4, 0.5) is 0 Å². The lowest BCUT2D eigenvalue weighted by Gasteiger charge is -2.21. The molecule has 0 aromatic heterocycles. The first-order valence-electron chi connectivity index (χ1n) is 6.61. The van der Waals surface area contributed by atoms with Crippen molar-refractivity contribution in [2.24, 2.45) is 0 Å². The van der Waals surface area contributed by atoms with Gasteiger partial charge in [-0.25, -0.2) is 12.7 Å². The summed E-state index contributed by atoms with van der Waals surface area (Å²) in [6, 6.07) is 7.71. The maximum absolute atomic E-state index is 12.2. The predicted molar refractivity (Wildman–Crippen MR) is 79.3 cm³/mol. The second-order valence-corrected chi connectivity index (χ2v) is 6.99. The quantitative estimate of drug-likeness (QED) is 0.833. The highest BCUT2D eigenvalue weighted by molar-refractivity contribution is 7.88. The van der Waals surface area contributed by atoms with Gasteiger partial charge in [-0.05, 0) is 31.5 Å². The van der Waals surface area contributed by atoms with Gasteiger partial charge in [0.15, 0.2) is 0 Å². The molecular weight excluding hydrogens is 260 g/mol. The number of benzene rings is 1. The molecule has 0 aliphatic carbocycles. The van der Waals surface area contributed by atoms with Gasteiger partial charge in [0, 0.05) is 19.6 Å². The second kappa shape index (κ2) is 7.03. The van der Waals surface area contributed by atoms with E-state index in [0.29, 0.717) is 0 Å². The number of hydrogen-bond acceptors (Lipinski definition) is 3. The molecule has 0 saturated heterocycles. The largest absolute Gasteiger partial charge is 0.313 e. The zero-order chi connectivity index (χ0) is 14.5. The van der Waals surface area contributed by atoms with Crippen LogP contribution in [0.2, 0.25) is 0 Å². The zero-order valence-electron chi connectivity index (χ0n) is 12.2. The smallest absolute Gasteiger partial charge is 0.218 e. The van der Waals surface area contributed by atoms with Gasteiger partial charge in [0.25, 0.3) is 0 Å². The Morgan fingerprint density at radius 2 is 1.89 bits per heavy atom. The summed E-state index contributed by atoms with van der Waals surface area (Å²) in [5, 5.41) is 3.24. The van der Waals surface area contributed by atoms with Crippen molar-refractivity contribution >= 4 is 10.0 Å². The number of hydrogen-bond donors (Lipinski definition) is 1. The van der Waals surface area contributed by atoms with Crippen LogP contribution in [0.15, 0.2) is 24.3 Å². The molecule has 1 aromatic carbocycles. The summed E-state index contributed by atoms with van der Waals surface area (Å²) in [7, 11) is -1.61. The van der Waals surface area contributed by atoms with Crippen molar-refractivity contribution in [1.82, 2.24) is 9.62 Å². The Balaban J connectivity index is 2.82. The Morgan fingerprint density at radius 1 is 1.26 bits per heavy atom. The molecule has 1 N–H and O–H groups in total. The molecule has 108 valence electrons. The number of rotatable bonds is 7. The van der Waals surface area contributed by atoms with Gasteiger partial charge in [-0.1, -0.05) is 31.2 Å². The van der Waals surface area contributed by atoms with E-state index in [2.05, 4.69) is 5.32 Å². The van der Waals surface area contributed by atoms with Crippen molar-refractivity contribution in [3.05, 3.63) is 35.4 Å². The first-order chi connectivity index (χ1) is 8.86. The van der Waals surface area contributed by atoms with Gasteiger partial charge in [-0.3, -0.25) is 0 Å². The zero-order valence-corrected chi connectivity index (χ0v) is 13.0. The molecular formula is C14H24N2O2S. The molecule has 0 aliphatic rings. The third-order valence-electron chi connectivity index (χ3n) is 3.09. The maximum atomic E-state index is 12.2. The van der Waals surface area contributed by atoms with Crippen LogP contribution in [0.3, 0.4) is 0 Å². The lowest BCUT2D eigenvalue weighted by molar-refractivity contribution is 0.410. The minimum absolute atomic E-state index is 0.0186. The van der Waals surface area contributed by atoms with E-state index in [1.54, 1.807) is 7.05 Å². The lowest BCUT2D eigenvalue weighted by Crippen LogP contribution is -2.34. The molecule has 0 spiro atoms. The van der Waals surface area contributed by atoms with Gasteiger partial charge < -0.3 is 5.32 Å². The molecule has 0 atom stereocenters. The van der Waals surface area contributed by atoms with E-state index in [1.165, 1.54) is 4.31 Å². The first-order valence-corrected chi connectivity index (χ1v) is 8.22. The van der Waals surface area contributed by atoms with Crippen molar-refractivity contribution in [3.8, 4) is 0 Å². The molecule has 5 heteroatoms. The minimum atomic E-state index is -3.24. The monoisotopic (exact) mass is 284 g/mol. The van der Waals surface area contributed by atoms with Crippen LogP contribution in [0, 0.1) is 0 Å². The average Bonchev–Trinajstić information content (AvgIpc) is 2.35. The molecule has 0 saturated carbocycles. The number of nitrogens with one attached hydrogen (secondary N) is 1. The summed E-state index contributed by atoms with van der Waals surface area (Å²) in [5.74, 6) is 0.0572. The fourth-order valence-corrected chi connectivity index (χ4v) is 3.18. The molecule has 0 heterocycles. The van der Waals surface area contributed by atoms with Crippen molar-refractivity contribution in [1.29, 1.82) is 0 Å². The van der Waals surface area contributed by atoms with Crippen LogP contribution < -0.4 is 5.32 Å². The van der Waals surface area contributed by atoms with Gasteiger partial charge in [0.2, 0.25) is 10.0 Å². The van der Waals surface area contributed by atoms with E-state index in [4.69, 9.17) is 0 Å². The van der Waals surface area contributed by atoms with E-state index >= 15 is 0 Å². The summed E-state index contributed by atoms with van der Waals surface area (Å²) in [5.41, 5.74) is 1.95. The second-order valence-electron chi connectivity index (χ2n) is 4.97. The Bertz CT molecular complexity index is 498. The fraction of sp³-hybridized carbons (Fsp3) is 0.571.